The summed E-state index contributed by atoms with van der Waals surface area (Å²) in [5.41, 5.74) is 6.07. The van der Waals surface area contributed by atoms with Crippen LogP contribution < -0.4 is 15.8 Å². The molecule has 112 valence electrons. The number of nitrogens with two attached hydrogens (primary N) is 1. The predicted octanol–water partition coefficient (Wildman–Crippen LogP) is -0.198. The molecule has 0 aliphatic rings. The van der Waals surface area contributed by atoms with Crippen LogP contribution in [0.4, 0.5) is 11.5 Å². The SMILES string of the molecule is CCOC(=O)c1cc(N)cnc1NCCS(=O)(=O)NC. The molecule has 0 radical (unpaired) electrons. The van der Waals surface area contributed by atoms with Gasteiger partial charge in [-0.3, -0.25) is 0 Å². The summed E-state index contributed by atoms with van der Waals surface area (Å²) in [6, 6.07) is 1.43. The average molecular weight is 302 g/mol. The number of rotatable bonds is 7. The summed E-state index contributed by atoms with van der Waals surface area (Å²) in [5, 5.41) is 2.78. The molecule has 0 saturated heterocycles. The van der Waals surface area contributed by atoms with E-state index >= 15 is 0 Å². The molecule has 1 aromatic heterocycles. The van der Waals surface area contributed by atoms with Gasteiger partial charge in [0.2, 0.25) is 10.0 Å². The van der Waals surface area contributed by atoms with Gasteiger partial charge >= 0.3 is 5.97 Å². The number of hydrogen-bond acceptors (Lipinski definition) is 7. The van der Waals surface area contributed by atoms with Crippen molar-refractivity contribution >= 4 is 27.5 Å². The highest BCUT2D eigenvalue weighted by molar-refractivity contribution is 7.89. The molecule has 8 nitrogen and oxygen atoms in total. The smallest absolute Gasteiger partial charge is 0.341 e. The van der Waals surface area contributed by atoms with Crippen molar-refractivity contribution < 1.29 is 17.9 Å². The molecule has 0 aliphatic heterocycles. The molecule has 1 heterocycles. The van der Waals surface area contributed by atoms with E-state index in [0.29, 0.717) is 5.69 Å². The maximum Gasteiger partial charge on any atom is 0.341 e. The number of ether oxygens (including phenoxy) is 1. The van der Waals surface area contributed by atoms with Crippen LogP contribution >= 0.6 is 0 Å². The predicted molar refractivity (Wildman–Crippen MR) is 75.9 cm³/mol. The molecule has 0 amide bonds. The van der Waals surface area contributed by atoms with E-state index in [1.54, 1.807) is 6.92 Å². The quantitative estimate of drug-likeness (QED) is 0.596. The number of carbonyl (C=O) groups excluding carboxylic acids is 1. The number of hydrogen-bond donors (Lipinski definition) is 3. The number of sulfonamides is 1. The lowest BCUT2D eigenvalue weighted by atomic mass is 10.2. The monoisotopic (exact) mass is 302 g/mol. The molecular formula is C11H18N4O4S. The summed E-state index contributed by atoms with van der Waals surface area (Å²) in [4.78, 5) is 15.7. The van der Waals surface area contributed by atoms with Crippen LogP contribution in [0.1, 0.15) is 17.3 Å². The lowest BCUT2D eigenvalue weighted by molar-refractivity contribution is 0.0527. The first kappa shape index (κ1) is 16.2. The van der Waals surface area contributed by atoms with E-state index < -0.39 is 16.0 Å². The van der Waals surface area contributed by atoms with Crippen molar-refractivity contribution in [1.82, 2.24) is 9.71 Å². The van der Waals surface area contributed by atoms with Crippen molar-refractivity contribution in [2.45, 2.75) is 6.92 Å². The van der Waals surface area contributed by atoms with Gasteiger partial charge in [-0.2, -0.15) is 0 Å². The molecule has 20 heavy (non-hydrogen) atoms. The second kappa shape index (κ2) is 7.06. The highest BCUT2D eigenvalue weighted by Crippen LogP contribution is 2.16. The number of nitrogens with one attached hydrogen (secondary N) is 2. The molecule has 0 unspecified atom stereocenters. The van der Waals surface area contributed by atoms with Crippen molar-refractivity contribution in [3.63, 3.8) is 0 Å². The van der Waals surface area contributed by atoms with E-state index in [-0.39, 0.29) is 30.3 Å². The summed E-state index contributed by atoms with van der Waals surface area (Å²) in [7, 11) is -1.99. The lowest BCUT2D eigenvalue weighted by Crippen LogP contribution is -2.26. The Bertz CT molecular complexity index is 574. The molecule has 1 aromatic rings. The Kier molecular flexibility index (Phi) is 5.71. The zero-order valence-corrected chi connectivity index (χ0v) is 12.2. The van der Waals surface area contributed by atoms with Gasteiger partial charge in [-0.05, 0) is 20.0 Å². The molecule has 0 aliphatic carbocycles. The standard InChI is InChI=1S/C11H18N4O4S/c1-3-19-11(16)9-6-8(12)7-15-10(9)14-4-5-20(17,18)13-2/h6-7,13H,3-5,12H2,1-2H3,(H,14,15). The first-order valence-electron chi connectivity index (χ1n) is 5.97. The first-order chi connectivity index (χ1) is 9.39. The third-order valence-electron chi connectivity index (χ3n) is 2.38. The maximum absolute atomic E-state index is 11.7. The molecule has 0 bridgehead atoms. The molecule has 0 spiro atoms. The number of aromatic nitrogens is 1. The average Bonchev–Trinajstić information content (AvgIpc) is 2.40. The van der Waals surface area contributed by atoms with Gasteiger partial charge in [0.15, 0.2) is 0 Å². The van der Waals surface area contributed by atoms with Crippen molar-refractivity contribution in [2.75, 3.05) is 37.0 Å². The summed E-state index contributed by atoms with van der Waals surface area (Å²) in [6.45, 7) is 2.01. The Morgan fingerprint density at radius 3 is 2.80 bits per heavy atom. The van der Waals surface area contributed by atoms with E-state index in [0.717, 1.165) is 0 Å². The van der Waals surface area contributed by atoms with Crippen LogP contribution in [-0.2, 0) is 14.8 Å². The lowest BCUT2D eigenvalue weighted by Gasteiger charge is -2.11. The highest BCUT2D eigenvalue weighted by Gasteiger charge is 2.15. The highest BCUT2D eigenvalue weighted by atomic mass is 32.2. The van der Waals surface area contributed by atoms with Gasteiger partial charge in [-0.25, -0.2) is 22.9 Å². The first-order valence-corrected chi connectivity index (χ1v) is 7.62. The van der Waals surface area contributed by atoms with Crippen molar-refractivity contribution in [3.05, 3.63) is 17.8 Å². The summed E-state index contributed by atoms with van der Waals surface area (Å²) in [5.74, 6) is -0.465. The van der Waals surface area contributed by atoms with Crippen LogP contribution in [-0.4, -0.2) is 45.3 Å². The number of nitrogens with zero attached hydrogens (tertiary/aromatic N) is 1. The Morgan fingerprint density at radius 1 is 1.50 bits per heavy atom. The molecule has 0 atom stereocenters. The van der Waals surface area contributed by atoms with Gasteiger partial charge in [-0.1, -0.05) is 0 Å². The molecule has 0 fully saturated rings. The van der Waals surface area contributed by atoms with Gasteiger partial charge < -0.3 is 15.8 Å². The van der Waals surface area contributed by atoms with Gasteiger partial charge in [0, 0.05) is 6.54 Å². The minimum Gasteiger partial charge on any atom is -0.462 e. The topological polar surface area (TPSA) is 123 Å². The number of esters is 1. The summed E-state index contributed by atoms with van der Waals surface area (Å²) in [6.07, 6.45) is 1.37. The van der Waals surface area contributed by atoms with Gasteiger partial charge in [-0.15, -0.1) is 0 Å². The van der Waals surface area contributed by atoms with E-state index in [9.17, 15) is 13.2 Å². The Balaban J connectivity index is 2.82. The van der Waals surface area contributed by atoms with Crippen LogP contribution in [0.15, 0.2) is 12.3 Å². The normalized spacial score (nSPS) is 11.1. The minimum atomic E-state index is -3.32. The molecular weight excluding hydrogens is 284 g/mol. The summed E-state index contributed by atoms with van der Waals surface area (Å²) >= 11 is 0. The number of pyridine rings is 1. The molecule has 0 saturated carbocycles. The molecule has 0 aromatic carbocycles. The van der Waals surface area contributed by atoms with E-state index in [4.69, 9.17) is 10.5 Å². The van der Waals surface area contributed by atoms with Crippen LogP contribution in [0, 0.1) is 0 Å². The van der Waals surface area contributed by atoms with Crippen molar-refractivity contribution in [1.29, 1.82) is 0 Å². The summed E-state index contributed by atoms with van der Waals surface area (Å²) < 4.78 is 29.6. The van der Waals surface area contributed by atoms with Gasteiger partial charge in [0.05, 0.1) is 24.2 Å². The van der Waals surface area contributed by atoms with E-state index in [1.165, 1.54) is 19.3 Å². The maximum atomic E-state index is 11.7. The van der Waals surface area contributed by atoms with Gasteiger partial charge in [0.25, 0.3) is 0 Å². The van der Waals surface area contributed by atoms with Crippen molar-refractivity contribution in [3.8, 4) is 0 Å². The van der Waals surface area contributed by atoms with E-state index in [1.807, 2.05) is 0 Å². The van der Waals surface area contributed by atoms with Crippen LogP contribution in [0.3, 0.4) is 0 Å². The fraction of sp³-hybridized carbons (Fsp3) is 0.455. The van der Waals surface area contributed by atoms with Crippen LogP contribution in [0.25, 0.3) is 0 Å². The number of nitrogen functional groups attached to an aromatic ring is 1. The van der Waals surface area contributed by atoms with Crippen LogP contribution in [0.5, 0.6) is 0 Å². The third kappa shape index (κ3) is 4.67. The fourth-order valence-corrected chi connectivity index (χ4v) is 1.97. The zero-order valence-electron chi connectivity index (χ0n) is 11.3. The largest absolute Gasteiger partial charge is 0.462 e. The minimum absolute atomic E-state index is 0.104. The van der Waals surface area contributed by atoms with E-state index in [2.05, 4.69) is 15.0 Å². The Morgan fingerprint density at radius 2 is 2.20 bits per heavy atom. The second-order valence-corrected chi connectivity index (χ2v) is 5.88. The number of carbonyl (C=O) groups is 1. The van der Waals surface area contributed by atoms with Crippen LogP contribution in [0.2, 0.25) is 0 Å². The number of anilines is 2. The Hall–Kier alpha value is -1.87. The van der Waals surface area contributed by atoms with Crippen molar-refractivity contribution in [2.24, 2.45) is 0 Å². The molecule has 1 rings (SSSR count). The zero-order chi connectivity index (χ0) is 15.2. The van der Waals surface area contributed by atoms with Gasteiger partial charge in [0.1, 0.15) is 11.4 Å². The second-order valence-electron chi connectivity index (χ2n) is 3.84. The Labute approximate surface area is 117 Å². The third-order valence-corrected chi connectivity index (χ3v) is 3.74. The molecule has 9 heteroatoms. The fourth-order valence-electron chi connectivity index (χ4n) is 1.39. The molecule has 4 N–H and O–H groups in total.